The van der Waals surface area contributed by atoms with Gasteiger partial charge in [-0.2, -0.15) is 0 Å². The van der Waals surface area contributed by atoms with E-state index in [0.717, 1.165) is 29.7 Å². The van der Waals surface area contributed by atoms with Gasteiger partial charge in [0.25, 0.3) is 5.91 Å². The van der Waals surface area contributed by atoms with Gasteiger partial charge in [-0.3, -0.25) is 14.8 Å². The Morgan fingerprint density at radius 1 is 0.771 bits per heavy atom. The molecule has 0 unspecified atom stereocenters. The van der Waals surface area contributed by atoms with Crippen molar-refractivity contribution >= 4 is 23.3 Å². The zero-order valence-corrected chi connectivity index (χ0v) is 19.1. The number of carbonyl (C=O) groups is 2. The molecule has 2 aromatic carbocycles. The highest BCUT2D eigenvalue weighted by Gasteiger charge is 2.11. The van der Waals surface area contributed by atoms with Crippen LogP contribution in [0.4, 0.5) is 20.2 Å². The van der Waals surface area contributed by atoms with Crippen LogP contribution in [-0.2, 0) is 0 Å². The van der Waals surface area contributed by atoms with Crippen LogP contribution in [0.3, 0.4) is 0 Å². The van der Waals surface area contributed by atoms with Crippen LogP contribution in [0.15, 0.2) is 85.5 Å². The van der Waals surface area contributed by atoms with Gasteiger partial charge >= 0.3 is 5.97 Å². The summed E-state index contributed by atoms with van der Waals surface area (Å²) in [7, 11) is 0. The minimum absolute atomic E-state index is 0.0134. The predicted octanol–water partition coefficient (Wildman–Crippen LogP) is 5.28. The SMILES string of the molecule is Cc1ccc(N)cc1.Cc1ccc(NC(=O)c2ccncc2F)cc1.O=C(O)c1ccncc1F. The number of carboxylic acid groups (broad SMARTS) is 1. The lowest BCUT2D eigenvalue weighted by Crippen LogP contribution is -2.13. The Bertz CT molecular complexity index is 1240. The van der Waals surface area contributed by atoms with Crippen molar-refractivity contribution in [3.05, 3.63) is 119 Å². The number of anilines is 2. The van der Waals surface area contributed by atoms with Gasteiger partial charge in [-0.25, -0.2) is 13.6 Å². The van der Waals surface area contributed by atoms with E-state index in [1.807, 2.05) is 50.2 Å². The third kappa shape index (κ3) is 9.01. The highest BCUT2D eigenvalue weighted by atomic mass is 19.1. The molecule has 0 atom stereocenters. The molecule has 2 aromatic heterocycles. The lowest BCUT2D eigenvalue weighted by atomic mass is 10.2. The fraction of sp³-hybridized carbons (Fsp3) is 0.0769. The Hall–Kier alpha value is -4.66. The van der Waals surface area contributed by atoms with E-state index in [1.54, 1.807) is 12.1 Å². The summed E-state index contributed by atoms with van der Waals surface area (Å²) in [6, 6.07) is 17.5. The number of nitrogen functional groups attached to an aromatic ring is 1. The molecule has 0 spiro atoms. The summed E-state index contributed by atoms with van der Waals surface area (Å²) in [6.45, 7) is 3.99. The maximum absolute atomic E-state index is 13.3. The number of carbonyl (C=O) groups excluding carboxylic acids is 1. The first-order chi connectivity index (χ1) is 16.7. The fourth-order valence-electron chi connectivity index (χ4n) is 2.51. The van der Waals surface area contributed by atoms with Crippen LogP contribution >= 0.6 is 0 Å². The van der Waals surface area contributed by atoms with Crippen molar-refractivity contribution in [2.45, 2.75) is 13.8 Å². The van der Waals surface area contributed by atoms with E-state index in [2.05, 4.69) is 15.3 Å². The van der Waals surface area contributed by atoms with Crippen molar-refractivity contribution < 1.29 is 23.5 Å². The second-order valence-electron chi connectivity index (χ2n) is 7.25. The van der Waals surface area contributed by atoms with Crippen LogP contribution in [-0.4, -0.2) is 27.0 Å². The molecule has 2 heterocycles. The summed E-state index contributed by atoms with van der Waals surface area (Å²) in [5, 5.41) is 10.9. The zero-order chi connectivity index (χ0) is 25.8. The van der Waals surface area contributed by atoms with E-state index in [0.29, 0.717) is 5.69 Å². The third-order valence-corrected chi connectivity index (χ3v) is 4.41. The number of nitrogens with zero attached hydrogens (tertiary/aromatic N) is 2. The number of aromatic nitrogens is 2. The predicted molar refractivity (Wildman–Crippen MR) is 130 cm³/mol. The van der Waals surface area contributed by atoms with Gasteiger partial charge in [-0.1, -0.05) is 35.4 Å². The fourth-order valence-corrected chi connectivity index (χ4v) is 2.51. The third-order valence-electron chi connectivity index (χ3n) is 4.41. The molecule has 1 amide bonds. The smallest absolute Gasteiger partial charge is 0.338 e. The number of hydrogen-bond donors (Lipinski definition) is 3. The van der Waals surface area contributed by atoms with Crippen LogP contribution in [0.2, 0.25) is 0 Å². The molecule has 7 nitrogen and oxygen atoms in total. The number of amides is 1. The summed E-state index contributed by atoms with van der Waals surface area (Å²) in [4.78, 5) is 28.9. The molecule has 0 saturated heterocycles. The average Bonchev–Trinajstić information content (AvgIpc) is 2.83. The zero-order valence-electron chi connectivity index (χ0n) is 19.1. The van der Waals surface area contributed by atoms with Gasteiger partial charge in [0, 0.05) is 23.8 Å². The molecule has 4 rings (SSSR count). The number of rotatable bonds is 3. The topological polar surface area (TPSA) is 118 Å². The van der Waals surface area contributed by atoms with Crippen molar-refractivity contribution in [3.8, 4) is 0 Å². The summed E-state index contributed by atoms with van der Waals surface area (Å²) < 4.78 is 25.7. The lowest BCUT2D eigenvalue weighted by Gasteiger charge is -2.05. The molecule has 0 aliphatic heterocycles. The number of nitrogens with one attached hydrogen (secondary N) is 1. The van der Waals surface area contributed by atoms with E-state index in [-0.39, 0.29) is 11.1 Å². The van der Waals surface area contributed by atoms with E-state index < -0.39 is 23.5 Å². The Labute approximate surface area is 201 Å². The second-order valence-corrected chi connectivity index (χ2v) is 7.25. The minimum Gasteiger partial charge on any atom is -0.478 e. The van der Waals surface area contributed by atoms with Gasteiger partial charge in [-0.15, -0.1) is 0 Å². The van der Waals surface area contributed by atoms with E-state index in [9.17, 15) is 18.4 Å². The molecule has 0 fully saturated rings. The van der Waals surface area contributed by atoms with Crippen LogP contribution < -0.4 is 11.1 Å². The normalized spacial score (nSPS) is 9.60. The number of nitrogens with two attached hydrogens (primary N) is 1. The number of hydrogen-bond acceptors (Lipinski definition) is 5. The molecule has 0 saturated carbocycles. The highest BCUT2D eigenvalue weighted by Crippen LogP contribution is 2.12. The van der Waals surface area contributed by atoms with Gasteiger partial charge in [0.15, 0.2) is 11.6 Å². The summed E-state index contributed by atoms with van der Waals surface area (Å²) in [5.74, 6) is -3.19. The molecule has 0 radical (unpaired) electrons. The molecular weight excluding hydrogens is 454 g/mol. The Kier molecular flexibility index (Phi) is 9.99. The van der Waals surface area contributed by atoms with E-state index in [1.165, 1.54) is 24.0 Å². The summed E-state index contributed by atoms with van der Waals surface area (Å²) >= 11 is 0. The number of carboxylic acids is 1. The van der Waals surface area contributed by atoms with Gasteiger partial charge in [0.05, 0.1) is 23.5 Å². The number of benzene rings is 2. The number of aryl methyl sites for hydroxylation is 2. The first kappa shape index (κ1) is 26.6. The second kappa shape index (κ2) is 13.1. The minimum atomic E-state index is -1.28. The van der Waals surface area contributed by atoms with Crippen molar-refractivity contribution in [2.75, 3.05) is 11.1 Å². The maximum atomic E-state index is 13.3. The van der Waals surface area contributed by atoms with Gasteiger partial charge in [0.2, 0.25) is 0 Å². The molecule has 0 bridgehead atoms. The van der Waals surface area contributed by atoms with Crippen molar-refractivity contribution in [1.29, 1.82) is 0 Å². The molecule has 9 heteroatoms. The molecule has 0 aliphatic rings. The Morgan fingerprint density at radius 3 is 1.63 bits per heavy atom. The molecule has 0 aliphatic carbocycles. The van der Waals surface area contributed by atoms with Crippen molar-refractivity contribution in [2.24, 2.45) is 0 Å². The van der Waals surface area contributed by atoms with Gasteiger partial charge in [0.1, 0.15) is 0 Å². The summed E-state index contributed by atoms with van der Waals surface area (Å²) in [5.41, 5.74) is 8.87. The lowest BCUT2D eigenvalue weighted by molar-refractivity contribution is 0.0691. The molecule has 4 aromatic rings. The van der Waals surface area contributed by atoms with Gasteiger partial charge in [-0.05, 0) is 50.2 Å². The van der Waals surface area contributed by atoms with Crippen molar-refractivity contribution in [3.63, 3.8) is 0 Å². The first-order valence-electron chi connectivity index (χ1n) is 10.3. The number of halogens is 2. The van der Waals surface area contributed by atoms with Crippen LogP contribution in [0.5, 0.6) is 0 Å². The van der Waals surface area contributed by atoms with E-state index in [4.69, 9.17) is 10.8 Å². The standard InChI is InChI=1S/C13H11FN2O.C7H9N.C6H4FNO2/c1-9-2-4-10(5-3-9)16-13(17)11-6-7-15-8-12(11)14;1-6-2-4-7(8)5-3-6;7-5-3-8-2-1-4(5)6(9)10/h2-8H,1H3,(H,16,17);2-5H,8H2,1H3;1-3H,(H,9,10). The largest absolute Gasteiger partial charge is 0.478 e. The molecule has 4 N–H and O–H groups in total. The van der Waals surface area contributed by atoms with Crippen LogP contribution in [0, 0.1) is 25.5 Å². The van der Waals surface area contributed by atoms with Crippen LogP contribution in [0.25, 0.3) is 0 Å². The Morgan fingerprint density at radius 2 is 1.23 bits per heavy atom. The monoisotopic (exact) mass is 478 g/mol. The number of aromatic carboxylic acids is 1. The first-order valence-corrected chi connectivity index (χ1v) is 10.3. The van der Waals surface area contributed by atoms with Crippen LogP contribution in [0.1, 0.15) is 31.8 Å². The highest BCUT2D eigenvalue weighted by molar-refractivity contribution is 6.04. The average molecular weight is 478 g/mol. The number of pyridine rings is 2. The quantitative estimate of drug-likeness (QED) is 0.345. The molecule has 180 valence electrons. The Balaban J connectivity index is 0.000000204. The summed E-state index contributed by atoms with van der Waals surface area (Å²) in [6.07, 6.45) is 4.49. The van der Waals surface area contributed by atoms with E-state index >= 15 is 0 Å². The van der Waals surface area contributed by atoms with Gasteiger partial charge < -0.3 is 16.2 Å². The molecule has 35 heavy (non-hydrogen) atoms. The van der Waals surface area contributed by atoms with Crippen molar-refractivity contribution in [1.82, 2.24) is 9.97 Å². The maximum Gasteiger partial charge on any atom is 0.338 e. The molecular formula is C26H24F2N4O3.